The van der Waals surface area contributed by atoms with Gasteiger partial charge in [-0.05, 0) is 30.2 Å². The Morgan fingerprint density at radius 2 is 1.95 bits per heavy atom. The second-order valence-electron chi connectivity index (χ2n) is 4.93. The molecule has 0 saturated carbocycles. The largest absolute Gasteiger partial charge is 0.329 e. The topological polar surface area (TPSA) is 44.1 Å². The van der Waals surface area contributed by atoms with Gasteiger partial charge in [0.15, 0.2) is 6.07 Å². The maximum Gasteiger partial charge on any atom is 0.329 e. The molecule has 0 saturated heterocycles. The van der Waals surface area contributed by atoms with Crippen LogP contribution in [-0.2, 0) is 11.3 Å². The van der Waals surface area contributed by atoms with Crippen LogP contribution in [0.5, 0.6) is 0 Å². The fraction of sp³-hybridized carbons (Fsp3) is 0.111. The van der Waals surface area contributed by atoms with Crippen LogP contribution in [0, 0.1) is 11.3 Å². The van der Waals surface area contributed by atoms with Crippen molar-refractivity contribution in [3.05, 3.63) is 71.3 Å². The fourth-order valence-electron chi connectivity index (χ4n) is 2.18. The van der Waals surface area contributed by atoms with Gasteiger partial charge in [0.05, 0.1) is 12.2 Å². The maximum absolute atomic E-state index is 12.1. The SMILES string of the molecule is C=C(C)c1ccc(Cl)cc1N(Cc1ccccc1)C(=O)C#N. The molecule has 0 aliphatic carbocycles. The molecule has 2 aromatic rings. The lowest BCUT2D eigenvalue weighted by Crippen LogP contribution is -2.29. The number of halogens is 1. The monoisotopic (exact) mass is 310 g/mol. The number of nitrogens with zero attached hydrogens (tertiary/aromatic N) is 2. The van der Waals surface area contributed by atoms with E-state index in [9.17, 15) is 4.79 Å². The summed E-state index contributed by atoms with van der Waals surface area (Å²) < 4.78 is 0. The van der Waals surface area contributed by atoms with Crippen molar-refractivity contribution in [3.8, 4) is 6.07 Å². The predicted molar refractivity (Wildman–Crippen MR) is 89.4 cm³/mol. The van der Waals surface area contributed by atoms with E-state index in [1.807, 2.05) is 43.3 Å². The first-order valence-electron chi connectivity index (χ1n) is 6.74. The van der Waals surface area contributed by atoms with Crippen molar-refractivity contribution >= 4 is 28.8 Å². The van der Waals surface area contributed by atoms with Gasteiger partial charge in [-0.15, -0.1) is 0 Å². The van der Waals surface area contributed by atoms with Gasteiger partial charge in [-0.1, -0.05) is 54.6 Å². The number of allylic oxidation sites excluding steroid dienone is 1. The van der Waals surface area contributed by atoms with Crippen LogP contribution < -0.4 is 4.90 Å². The lowest BCUT2D eigenvalue weighted by Gasteiger charge is -2.23. The number of anilines is 1. The highest BCUT2D eigenvalue weighted by Crippen LogP contribution is 2.30. The van der Waals surface area contributed by atoms with Crippen LogP contribution in [-0.4, -0.2) is 5.91 Å². The summed E-state index contributed by atoms with van der Waals surface area (Å²) in [5.74, 6) is -0.631. The number of carbonyl (C=O) groups is 1. The van der Waals surface area contributed by atoms with E-state index < -0.39 is 5.91 Å². The molecule has 0 aliphatic heterocycles. The van der Waals surface area contributed by atoms with Crippen LogP contribution in [0.15, 0.2) is 55.1 Å². The van der Waals surface area contributed by atoms with Gasteiger partial charge in [-0.2, -0.15) is 5.26 Å². The summed E-state index contributed by atoms with van der Waals surface area (Å²) in [5, 5.41) is 9.55. The number of hydrogen-bond acceptors (Lipinski definition) is 2. The van der Waals surface area contributed by atoms with E-state index in [4.69, 9.17) is 16.9 Å². The van der Waals surface area contributed by atoms with E-state index in [2.05, 4.69) is 6.58 Å². The Labute approximate surface area is 135 Å². The number of hydrogen-bond donors (Lipinski definition) is 0. The van der Waals surface area contributed by atoms with Crippen molar-refractivity contribution in [1.82, 2.24) is 0 Å². The molecule has 2 aromatic carbocycles. The number of nitriles is 1. The Bertz CT molecular complexity index is 747. The summed E-state index contributed by atoms with van der Waals surface area (Å²) in [6.07, 6.45) is 0. The number of amides is 1. The standard InChI is InChI=1S/C18H15ClN2O/c1-13(2)16-9-8-15(19)10-17(16)21(18(22)11-20)12-14-6-4-3-5-7-14/h3-10H,1,12H2,2H3. The van der Waals surface area contributed by atoms with Crippen LogP contribution >= 0.6 is 11.6 Å². The Kier molecular flexibility index (Phi) is 4.98. The van der Waals surface area contributed by atoms with E-state index in [-0.39, 0.29) is 0 Å². The molecule has 0 aliphatic rings. The molecule has 3 nitrogen and oxygen atoms in total. The molecule has 1 amide bonds. The summed E-state index contributed by atoms with van der Waals surface area (Å²) in [6, 6.07) is 16.4. The molecule has 0 heterocycles. The second kappa shape index (κ2) is 6.93. The molecular weight excluding hydrogens is 296 g/mol. The summed E-state index contributed by atoms with van der Waals surface area (Å²) in [5.41, 5.74) is 3.12. The third kappa shape index (κ3) is 3.55. The average Bonchev–Trinajstić information content (AvgIpc) is 2.52. The van der Waals surface area contributed by atoms with Gasteiger partial charge in [0.2, 0.25) is 0 Å². The summed E-state index contributed by atoms with van der Waals surface area (Å²) in [6.45, 7) is 6.08. The molecule has 110 valence electrons. The quantitative estimate of drug-likeness (QED) is 0.784. The minimum Gasteiger partial charge on any atom is -0.295 e. The molecule has 0 unspecified atom stereocenters. The van der Waals surface area contributed by atoms with Gasteiger partial charge in [0, 0.05) is 10.6 Å². The van der Waals surface area contributed by atoms with Crippen molar-refractivity contribution in [2.45, 2.75) is 13.5 Å². The molecule has 0 fully saturated rings. The summed E-state index contributed by atoms with van der Waals surface area (Å²) in [4.78, 5) is 13.5. The van der Waals surface area contributed by atoms with Gasteiger partial charge in [-0.25, -0.2) is 0 Å². The van der Waals surface area contributed by atoms with Gasteiger partial charge in [0.25, 0.3) is 0 Å². The zero-order chi connectivity index (χ0) is 16.1. The summed E-state index contributed by atoms with van der Waals surface area (Å²) in [7, 11) is 0. The van der Waals surface area contributed by atoms with Crippen molar-refractivity contribution in [3.63, 3.8) is 0 Å². The molecule has 0 radical (unpaired) electrons. The van der Waals surface area contributed by atoms with Gasteiger partial charge in [-0.3, -0.25) is 9.69 Å². The first-order valence-corrected chi connectivity index (χ1v) is 7.11. The number of rotatable bonds is 4. The highest BCUT2D eigenvalue weighted by Gasteiger charge is 2.19. The lowest BCUT2D eigenvalue weighted by molar-refractivity contribution is -0.113. The van der Waals surface area contributed by atoms with E-state index in [0.717, 1.165) is 16.7 Å². The molecule has 0 bridgehead atoms. The van der Waals surface area contributed by atoms with E-state index in [1.54, 1.807) is 18.2 Å². The van der Waals surface area contributed by atoms with Crippen molar-refractivity contribution in [1.29, 1.82) is 5.26 Å². The molecule has 22 heavy (non-hydrogen) atoms. The minimum atomic E-state index is -0.631. The second-order valence-corrected chi connectivity index (χ2v) is 5.37. The summed E-state index contributed by atoms with van der Waals surface area (Å²) >= 11 is 6.07. The van der Waals surface area contributed by atoms with Crippen LogP contribution in [0.4, 0.5) is 5.69 Å². The van der Waals surface area contributed by atoms with Crippen LogP contribution in [0.2, 0.25) is 5.02 Å². The zero-order valence-corrected chi connectivity index (χ0v) is 13.0. The third-order valence-corrected chi connectivity index (χ3v) is 3.47. The predicted octanol–water partition coefficient (Wildman–Crippen LogP) is 4.43. The van der Waals surface area contributed by atoms with E-state index in [1.165, 1.54) is 4.90 Å². The molecule has 2 rings (SSSR count). The van der Waals surface area contributed by atoms with Crippen molar-refractivity contribution in [2.75, 3.05) is 4.90 Å². The average molecular weight is 311 g/mol. The Morgan fingerprint density at radius 3 is 2.55 bits per heavy atom. The Hall–Kier alpha value is -2.57. The number of benzene rings is 2. The molecule has 4 heteroatoms. The number of carbonyl (C=O) groups excluding carboxylic acids is 1. The highest BCUT2D eigenvalue weighted by atomic mass is 35.5. The van der Waals surface area contributed by atoms with Crippen LogP contribution in [0.1, 0.15) is 18.1 Å². The van der Waals surface area contributed by atoms with Gasteiger partial charge >= 0.3 is 5.91 Å². The lowest BCUT2D eigenvalue weighted by atomic mass is 10.0. The molecule has 0 atom stereocenters. The first kappa shape index (κ1) is 15.8. The fourth-order valence-corrected chi connectivity index (χ4v) is 2.35. The molecule has 0 spiro atoms. The van der Waals surface area contributed by atoms with Gasteiger partial charge < -0.3 is 0 Å². The Morgan fingerprint density at radius 1 is 1.27 bits per heavy atom. The Balaban J connectivity index is 2.51. The maximum atomic E-state index is 12.1. The smallest absolute Gasteiger partial charge is 0.295 e. The highest BCUT2D eigenvalue weighted by molar-refractivity contribution is 6.31. The van der Waals surface area contributed by atoms with Crippen LogP contribution in [0.25, 0.3) is 5.57 Å². The zero-order valence-electron chi connectivity index (χ0n) is 12.2. The van der Waals surface area contributed by atoms with Gasteiger partial charge in [0.1, 0.15) is 0 Å². The minimum absolute atomic E-state index is 0.299. The first-order chi connectivity index (χ1) is 10.5. The van der Waals surface area contributed by atoms with E-state index in [0.29, 0.717) is 17.3 Å². The molecule has 0 aromatic heterocycles. The third-order valence-electron chi connectivity index (χ3n) is 3.23. The van der Waals surface area contributed by atoms with Crippen molar-refractivity contribution < 1.29 is 4.79 Å². The normalized spacial score (nSPS) is 9.86. The van der Waals surface area contributed by atoms with E-state index >= 15 is 0 Å². The molecule has 0 N–H and O–H groups in total. The molecular formula is C18H15ClN2O. The van der Waals surface area contributed by atoms with Crippen molar-refractivity contribution in [2.24, 2.45) is 0 Å². The van der Waals surface area contributed by atoms with Crippen LogP contribution in [0.3, 0.4) is 0 Å².